The van der Waals surface area contributed by atoms with Gasteiger partial charge in [-0.05, 0) is 63.6 Å². The summed E-state index contributed by atoms with van der Waals surface area (Å²) in [5, 5.41) is 3.25. The standard InChI is InChI=1S/C26H32N4O3/c1-25(2,3)33-24(32)30-13-26(14-30)11-20-21(23(31)28-26)17-9-8-16-12-27-19(15-6-5-7-15)10-18(16)22(17)29(20)4/h10,12,15H,5-9,11,13-14H2,1-4H3,(H,28,31). The van der Waals surface area contributed by atoms with Gasteiger partial charge in [0.25, 0.3) is 5.91 Å². The molecule has 2 aliphatic carbocycles. The molecule has 1 spiro atoms. The molecule has 1 saturated heterocycles. The molecule has 2 aromatic rings. The van der Waals surface area contributed by atoms with Crippen molar-refractivity contribution in [3.63, 3.8) is 0 Å². The Labute approximate surface area is 194 Å². The third-order valence-electron chi connectivity index (χ3n) is 7.80. The number of hydrogen-bond donors (Lipinski definition) is 1. The second-order valence-electron chi connectivity index (χ2n) is 11.3. The average Bonchev–Trinajstić information content (AvgIpc) is 2.96. The Kier molecular flexibility index (Phi) is 4.30. The smallest absolute Gasteiger partial charge is 0.410 e. The monoisotopic (exact) mass is 448 g/mol. The number of carbonyl (C=O) groups excluding carboxylic acids is 2. The fourth-order valence-electron chi connectivity index (χ4n) is 5.96. The Bertz CT molecular complexity index is 1180. The third-order valence-corrected chi connectivity index (χ3v) is 7.80. The zero-order chi connectivity index (χ0) is 23.1. The maximum atomic E-state index is 13.4. The van der Waals surface area contributed by atoms with Gasteiger partial charge < -0.3 is 19.5 Å². The van der Waals surface area contributed by atoms with E-state index in [0.29, 0.717) is 19.0 Å². The van der Waals surface area contributed by atoms with Gasteiger partial charge in [-0.1, -0.05) is 6.42 Å². The van der Waals surface area contributed by atoms with E-state index >= 15 is 0 Å². The summed E-state index contributed by atoms with van der Waals surface area (Å²) in [7, 11) is 2.09. The second kappa shape index (κ2) is 6.84. The number of nitrogens with one attached hydrogen (secondary N) is 1. The average molecular weight is 449 g/mol. The third kappa shape index (κ3) is 3.19. The molecule has 0 radical (unpaired) electrons. The first-order valence-electron chi connectivity index (χ1n) is 12.1. The summed E-state index contributed by atoms with van der Waals surface area (Å²) in [6, 6.07) is 2.28. The summed E-state index contributed by atoms with van der Waals surface area (Å²) < 4.78 is 7.75. The van der Waals surface area contributed by atoms with Crippen molar-refractivity contribution in [3.05, 3.63) is 40.3 Å². The minimum Gasteiger partial charge on any atom is -0.444 e. The number of likely N-dealkylation sites (tertiary alicyclic amines) is 1. The van der Waals surface area contributed by atoms with E-state index in [1.807, 2.05) is 20.8 Å². The van der Waals surface area contributed by atoms with Crippen LogP contribution < -0.4 is 5.32 Å². The number of rotatable bonds is 1. The van der Waals surface area contributed by atoms with Gasteiger partial charge in [0.05, 0.1) is 16.8 Å². The predicted molar refractivity (Wildman–Crippen MR) is 124 cm³/mol. The number of hydrogen-bond acceptors (Lipinski definition) is 4. The van der Waals surface area contributed by atoms with Crippen LogP contribution in [0.2, 0.25) is 0 Å². The first-order valence-corrected chi connectivity index (χ1v) is 12.1. The second-order valence-corrected chi connectivity index (χ2v) is 11.3. The van der Waals surface area contributed by atoms with Crippen molar-refractivity contribution in [2.24, 2.45) is 7.05 Å². The highest BCUT2D eigenvalue weighted by Gasteiger charge is 2.52. The molecule has 0 bridgehead atoms. The van der Waals surface area contributed by atoms with E-state index in [2.05, 4.69) is 29.2 Å². The zero-order valence-corrected chi connectivity index (χ0v) is 20.0. The fourth-order valence-corrected chi connectivity index (χ4v) is 5.96. The molecule has 2 fully saturated rings. The number of fused-ring (bicyclic) bond motifs is 5. The lowest BCUT2D eigenvalue weighted by atomic mass is 9.79. The number of aryl methyl sites for hydroxylation is 1. The SMILES string of the molecule is Cn1c2c(c3c1-c1cc(C4CCC4)ncc1CC3)C(=O)NC1(C2)CN(C(=O)OC(C)(C)C)C1. The summed E-state index contributed by atoms with van der Waals surface area (Å²) in [6.07, 6.45) is 7.99. The Morgan fingerprint density at radius 1 is 1.24 bits per heavy atom. The number of carbonyl (C=O) groups is 2. The van der Waals surface area contributed by atoms with Gasteiger partial charge in [-0.25, -0.2) is 4.79 Å². The normalized spacial score (nSPS) is 20.8. The molecule has 2 aromatic heterocycles. The molecule has 2 aliphatic heterocycles. The van der Waals surface area contributed by atoms with Crippen molar-refractivity contribution in [2.75, 3.05) is 13.1 Å². The van der Waals surface area contributed by atoms with Gasteiger partial charge in [0.15, 0.2) is 0 Å². The van der Waals surface area contributed by atoms with Gasteiger partial charge in [-0.2, -0.15) is 0 Å². The lowest BCUT2D eigenvalue weighted by Crippen LogP contribution is -2.74. The maximum Gasteiger partial charge on any atom is 0.410 e. The van der Waals surface area contributed by atoms with Crippen LogP contribution in [-0.2, 0) is 31.0 Å². The summed E-state index contributed by atoms with van der Waals surface area (Å²) in [6.45, 7) is 6.57. The Hall–Kier alpha value is -2.83. The van der Waals surface area contributed by atoms with E-state index in [9.17, 15) is 9.59 Å². The van der Waals surface area contributed by atoms with Crippen LogP contribution in [0, 0.1) is 0 Å². The molecule has 6 rings (SSSR count). The highest BCUT2D eigenvalue weighted by Crippen LogP contribution is 2.44. The van der Waals surface area contributed by atoms with Gasteiger partial charge in [0.2, 0.25) is 0 Å². The van der Waals surface area contributed by atoms with Crippen LogP contribution in [0.4, 0.5) is 4.79 Å². The van der Waals surface area contributed by atoms with Crippen LogP contribution in [-0.4, -0.2) is 50.7 Å². The summed E-state index contributed by atoms with van der Waals surface area (Å²) in [4.78, 5) is 32.3. The van der Waals surface area contributed by atoms with Crippen LogP contribution in [0.3, 0.4) is 0 Å². The molecular weight excluding hydrogens is 416 g/mol. The number of aromatic nitrogens is 2. The first-order chi connectivity index (χ1) is 15.6. The van der Waals surface area contributed by atoms with E-state index in [4.69, 9.17) is 9.72 Å². The first kappa shape index (κ1) is 20.8. The molecule has 1 saturated carbocycles. The number of ether oxygens (including phenoxy) is 1. The topological polar surface area (TPSA) is 76.5 Å². The predicted octanol–water partition coefficient (Wildman–Crippen LogP) is 3.73. The number of nitrogens with zero attached hydrogens (tertiary/aromatic N) is 3. The highest BCUT2D eigenvalue weighted by molar-refractivity contribution is 6.01. The van der Waals surface area contributed by atoms with Crippen LogP contribution in [0.25, 0.3) is 11.3 Å². The highest BCUT2D eigenvalue weighted by atomic mass is 16.6. The van der Waals surface area contributed by atoms with Crippen LogP contribution in [0.1, 0.15) is 78.8 Å². The van der Waals surface area contributed by atoms with E-state index in [0.717, 1.165) is 30.5 Å². The molecule has 0 unspecified atom stereocenters. The molecule has 33 heavy (non-hydrogen) atoms. The zero-order valence-electron chi connectivity index (χ0n) is 20.0. The molecule has 0 atom stereocenters. The quantitative estimate of drug-likeness (QED) is 0.721. The summed E-state index contributed by atoms with van der Waals surface area (Å²) in [5.74, 6) is 0.574. The Morgan fingerprint density at radius 2 is 2.00 bits per heavy atom. The van der Waals surface area contributed by atoms with Gasteiger partial charge in [0, 0.05) is 55.6 Å². The van der Waals surface area contributed by atoms with Gasteiger partial charge in [0.1, 0.15) is 5.60 Å². The van der Waals surface area contributed by atoms with Crippen molar-refractivity contribution < 1.29 is 14.3 Å². The van der Waals surface area contributed by atoms with Crippen molar-refractivity contribution in [2.45, 2.75) is 76.4 Å². The molecule has 4 heterocycles. The van der Waals surface area contributed by atoms with Crippen LogP contribution in [0.15, 0.2) is 12.3 Å². The van der Waals surface area contributed by atoms with Crippen molar-refractivity contribution in [1.82, 2.24) is 19.8 Å². The van der Waals surface area contributed by atoms with E-state index in [1.54, 1.807) is 4.90 Å². The van der Waals surface area contributed by atoms with Crippen LogP contribution >= 0.6 is 0 Å². The molecule has 4 aliphatic rings. The summed E-state index contributed by atoms with van der Waals surface area (Å²) in [5.41, 5.74) is 7.06. The molecule has 7 heteroatoms. The minimum atomic E-state index is -0.527. The van der Waals surface area contributed by atoms with E-state index < -0.39 is 11.1 Å². The molecule has 7 nitrogen and oxygen atoms in total. The molecule has 174 valence electrons. The van der Waals surface area contributed by atoms with E-state index in [-0.39, 0.29) is 12.0 Å². The van der Waals surface area contributed by atoms with Crippen molar-refractivity contribution in [1.29, 1.82) is 0 Å². The molecule has 0 aromatic carbocycles. The Balaban J connectivity index is 1.32. The van der Waals surface area contributed by atoms with Crippen molar-refractivity contribution in [3.8, 4) is 11.3 Å². The maximum absolute atomic E-state index is 13.4. The van der Waals surface area contributed by atoms with E-state index in [1.165, 1.54) is 47.3 Å². The number of pyridine rings is 1. The molecule has 2 amide bonds. The van der Waals surface area contributed by atoms with Crippen molar-refractivity contribution >= 4 is 12.0 Å². The fraction of sp³-hybridized carbons (Fsp3) is 0.577. The summed E-state index contributed by atoms with van der Waals surface area (Å²) >= 11 is 0. The van der Waals surface area contributed by atoms with Gasteiger partial charge in [-0.3, -0.25) is 9.78 Å². The lowest BCUT2D eigenvalue weighted by Gasteiger charge is -2.51. The lowest BCUT2D eigenvalue weighted by molar-refractivity contribution is -0.0170. The minimum absolute atomic E-state index is 0.00587. The van der Waals surface area contributed by atoms with Gasteiger partial charge in [-0.15, -0.1) is 0 Å². The molecular formula is C26H32N4O3. The molecule has 1 N–H and O–H groups in total. The van der Waals surface area contributed by atoms with Gasteiger partial charge >= 0.3 is 6.09 Å². The number of amides is 2. The van der Waals surface area contributed by atoms with Crippen LogP contribution in [0.5, 0.6) is 0 Å². The Morgan fingerprint density at radius 3 is 2.67 bits per heavy atom. The largest absolute Gasteiger partial charge is 0.444 e.